The second kappa shape index (κ2) is 9.85. The first-order valence-electron chi connectivity index (χ1n) is 12.5. The van der Waals surface area contributed by atoms with Crippen molar-refractivity contribution in [2.45, 2.75) is 43.8 Å². The molecule has 2 heterocycles. The standard InChI is InChI=1S/C26H28N6O6S/c1-27-32-21-22(29-25(32)39(3,37)38)31(26(36)30(2)24(21)35)10-4-5-15-11-16(14-20(33)17-6-7-17)13-19(12-15)28-23(34)18-8-9-18/h11-13,17-18,27H,6-10,14H2,1-3H3,(H,28,34). The molecule has 0 unspecified atom stereocenters. The van der Waals surface area contributed by atoms with Gasteiger partial charge in [-0.15, -0.1) is 0 Å². The van der Waals surface area contributed by atoms with E-state index in [4.69, 9.17) is 0 Å². The van der Waals surface area contributed by atoms with Crippen molar-refractivity contribution in [1.29, 1.82) is 0 Å². The second-order valence-corrected chi connectivity index (χ2v) is 11.9. The van der Waals surface area contributed by atoms with Crippen LogP contribution in [0.15, 0.2) is 32.9 Å². The Hall–Kier alpha value is -4.18. The van der Waals surface area contributed by atoms with E-state index >= 15 is 0 Å². The van der Waals surface area contributed by atoms with Gasteiger partial charge in [0.15, 0.2) is 11.2 Å². The van der Waals surface area contributed by atoms with E-state index < -0.39 is 26.2 Å². The van der Waals surface area contributed by atoms with Gasteiger partial charge < -0.3 is 10.7 Å². The molecule has 2 saturated carbocycles. The number of aromatic nitrogens is 4. The summed E-state index contributed by atoms with van der Waals surface area (Å²) in [4.78, 5) is 54.7. The number of anilines is 1. The molecule has 39 heavy (non-hydrogen) atoms. The van der Waals surface area contributed by atoms with Crippen molar-refractivity contribution in [2.75, 3.05) is 24.0 Å². The number of imidazole rings is 1. The number of fused-ring (bicyclic) bond motifs is 1. The zero-order chi connectivity index (χ0) is 28.1. The van der Waals surface area contributed by atoms with E-state index in [1.807, 2.05) is 0 Å². The first-order valence-corrected chi connectivity index (χ1v) is 14.4. The highest BCUT2D eigenvalue weighted by Gasteiger charge is 2.31. The van der Waals surface area contributed by atoms with Crippen molar-refractivity contribution in [3.05, 3.63) is 50.2 Å². The summed E-state index contributed by atoms with van der Waals surface area (Å²) in [6, 6.07) is 5.26. The van der Waals surface area contributed by atoms with Crippen molar-refractivity contribution in [2.24, 2.45) is 18.9 Å². The zero-order valence-corrected chi connectivity index (χ0v) is 22.6. The number of ketones is 1. The summed E-state index contributed by atoms with van der Waals surface area (Å²) in [5.41, 5.74) is 2.82. The summed E-state index contributed by atoms with van der Waals surface area (Å²) < 4.78 is 27.6. The minimum absolute atomic E-state index is 0.00420. The van der Waals surface area contributed by atoms with Crippen molar-refractivity contribution >= 4 is 38.4 Å². The van der Waals surface area contributed by atoms with Gasteiger partial charge in [-0.2, -0.15) is 4.98 Å². The van der Waals surface area contributed by atoms with Crippen LogP contribution in [0, 0.1) is 23.7 Å². The van der Waals surface area contributed by atoms with Crippen LogP contribution >= 0.6 is 0 Å². The van der Waals surface area contributed by atoms with Gasteiger partial charge in [-0.25, -0.2) is 17.9 Å². The SMILES string of the molecule is CNn1c(S(C)(=O)=O)nc2c1c(=O)n(C)c(=O)n2CC#Cc1cc(CC(=O)C2CC2)cc(NC(=O)C2CC2)c1. The van der Waals surface area contributed by atoms with E-state index in [0.29, 0.717) is 11.3 Å². The van der Waals surface area contributed by atoms with E-state index in [2.05, 4.69) is 27.6 Å². The summed E-state index contributed by atoms with van der Waals surface area (Å²) in [5, 5.41) is 2.49. The highest BCUT2D eigenvalue weighted by atomic mass is 32.2. The second-order valence-electron chi connectivity index (χ2n) is 10.0. The van der Waals surface area contributed by atoms with Crippen LogP contribution < -0.4 is 22.0 Å². The Kier molecular flexibility index (Phi) is 6.67. The van der Waals surface area contributed by atoms with Crippen LogP contribution in [0.25, 0.3) is 11.2 Å². The quantitative estimate of drug-likeness (QED) is 0.381. The maximum Gasteiger partial charge on any atom is 0.333 e. The van der Waals surface area contributed by atoms with Crippen molar-refractivity contribution in [3.8, 4) is 11.8 Å². The Balaban J connectivity index is 1.53. The highest BCUT2D eigenvalue weighted by Crippen LogP contribution is 2.32. The van der Waals surface area contributed by atoms with Crippen LogP contribution in [0.2, 0.25) is 0 Å². The molecule has 3 aromatic rings. The topological polar surface area (TPSA) is 154 Å². The van der Waals surface area contributed by atoms with Crippen LogP contribution in [0.3, 0.4) is 0 Å². The Morgan fingerprint density at radius 3 is 2.41 bits per heavy atom. The summed E-state index contributed by atoms with van der Waals surface area (Å²) in [7, 11) is -1.11. The number of nitrogens with one attached hydrogen (secondary N) is 2. The number of carbonyl (C=O) groups is 2. The predicted octanol–water partition coefficient (Wildman–Crippen LogP) is 0.395. The van der Waals surface area contributed by atoms with Crippen LogP contribution in [0.4, 0.5) is 5.69 Å². The van der Waals surface area contributed by atoms with Crippen molar-refractivity contribution in [3.63, 3.8) is 0 Å². The third-order valence-corrected chi connectivity index (χ3v) is 7.69. The van der Waals surface area contributed by atoms with Crippen molar-refractivity contribution < 1.29 is 18.0 Å². The van der Waals surface area contributed by atoms with Gasteiger partial charge in [0.1, 0.15) is 5.78 Å². The van der Waals surface area contributed by atoms with Gasteiger partial charge in [-0.3, -0.25) is 23.5 Å². The number of rotatable bonds is 8. The lowest BCUT2D eigenvalue weighted by Crippen LogP contribution is -2.39. The Morgan fingerprint density at radius 2 is 1.79 bits per heavy atom. The number of sulfone groups is 1. The molecule has 0 atom stereocenters. The molecule has 0 aliphatic heterocycles. The summed E-state index contributed by atoms with van der Waals surface area (Å²) >= 11 is 0. The van der Waals surface area contributed by atoms with Gasteiger partial charge >= 0.3 is 5.69 Å². The van der Waals surface area contributed by atoms with Gasteiger partial charge in [0, 0.05) is 49.9 Å². The molecule has 2 aromatic heterocycles. The molecule has 0 saturated heterocycles. The number of hydrogen-bond donors (Lipinski definition) is 2. The molecule has 2 aliphatic rings. The van der Waals surface area contributed by atoms with Crippen LogP contribution in [-0.4, -0.2) is 52.2 Å². The molecule has 204 valence electrons. The number of benzene rings is 1. The molecule has 5 rings (SSSR count). The minimum Gasteiger partial charge on any atom is -0.326 e. The molecular formula is C26H28N6O6S. The normalized spacial score (nSPS) is 15.1. The molecular weight excluding hydrogens is 524 g/mol. The first-order chi connectivity index (χ1) is 18.5. The average Bonchev–Trinajstić information content (AvgIpc) is 3.79. The molecule has 0 spiro atoms. The summed E-state index contributed by atoms with van der Waals surface area (Å²) in [6.45, 7) is -0.192. The molecule has 13 heteroatoms. The number of Topliss-reactive ketones (excluding diaryl/α,β-unsaturated/α-hetero) is 1. The number of amides is 1. The fourth-order valence-electron chi connectivity index (χ4n) is 4.38. The molecule has 0 bridgehead atoms. The Morgan fingerprint density at radius 1 is 1.10 bits per heavy atom. The molecule has 0 radical (unpaired) electrons. The number of nitrogens with zero attached hydrogens (tertiary/aromatic N) is 4. The molecule has 2 fully saturated rings. The van der Waals surface area contributed by atoms with E-state index in [1.54, 1.807) is 18.2 Å². The Labute approximate surface area is 223 Å². The molecule has 12 nitrogen and oxygen atoms in total. The summed E-state index contributed by atoms with van der Waals surface area (Å²) in [6.07, 6.45) is 4.70. The third kappa shape index (κ3) is 5.37. The average molecular weight is 553 g/mol. The van der Waals surface area contributed by atoms with Gasteiger partial charge in [-0.1, -0.05) is 11.8 Å². The molecule has 2 aliphatic carbocycles. The fraction of sp³-hybridized carbons (Fsp3) is 0.423. The van der Waals surface area contributed by atoms with E-state index in [1.165, 1.54) is 14.1 Å². The first kappa shape index (κ1) is 26.4. The number of carbonyl (C=O) groups excluding carboxylic acids is 2. The van der Waals surface area contributed by atoms with Crippen LogP contribution in [0.1, 0.15) is 36.8 Å². The number of hydrogen-bond acceptors (Lipinski definition) is 8. The van der Waals surface area contributed by atoms with E-state index in [0.717, 1.165) is 51.3 Å². The van der Waals surface area contributed by atoms with Gasteiger partial charge in [0.05, 0.1) is 6.54 Å². The van der Waals surface area contributed by atoms with Gasteiger partial charge in [0.25, 0.3) is 5.56 Å². The fourth-order valence-corrected chi connectivity index (χ4v) is 5.15. The van der Waals surface area contributed by atoms with Crippen LogP contribution in [-0.2, 0) is 39.4 Å². The molecule has 1 aromatic carbocycles. The maximum absolute atomic E-state index is 12.9. The van der Waals surface area contributed by atoms with Gasteiger partial charge in [-0.05, 0) is 49.4 Å². The largest absolute Gasteiger partial charge is 0.333 e. The van der Waals surface area contributed by atoms with Crippen LogP contribution in [0.5, 0.6) is 0 Å². The Bertz CT molecular complexity index is 1770. The lowest BCUT2D eigenvalue weighted by atomic mass is 10.0. The zero-order valence-electron chi connectivity index (χ0n) is 21.8. The highest BCUT2D eigenvalue weighted by molar-refractivity contribution is 7.90. The van der Waals surface area contributed by atoms with E-state index in [-0.39, 0.29) is 47.7 Å². The molecule has 2 N–H and O–H groups in total. The monoisotopic (exact) mass is 552 g/mol. The lowest BCUT2D eigenvalue weighted by molar-refractivity contribution is -0.119. The smallest absolute Gasteiger partial charge is 0.326 e. The predicted molar refractivity (Wildman–Crippen MR) is 144 cm³/mol. The third-order valence-electron chi connectivity index (χ3n) is 6.75. The summed E-state index contributed by atoms with van der Waals surface area (Å²) in [5.74, 6) is 6.05. The maximum atomic E-state index is 12.9. The van der Waals surface area contributed by atoms with Gasteiger partial charge in [0.2, 0.25) is 20.9 Å². The van der Waals surface area contributed by atoms with Crippen molar-refractivity contribution in [1.82, 2.24) is 18.8 Å². The minimum atomic E-state index is -3.84. The van der Waals surface area contributed by atoms with E-state index in [9.17, 15) is 27.6 Å². The molecule has 1 amide bonds. The lowest BCUT2D eigenvalue weighted by Gasteiger charge is -2.09.